The van der Waals surface area contributed by atoms with Crippen LogP contribution in [0.1, 0.15) is 61.9 Å². The van der Waals surface area contributed by atoms with E-state index in [2.05, 4.69) is 15.5 Å². The van der Waals surface area contributed by atoms with Crippen LogP contribution < -0.4 is 25.8 Å². The first-order chi connectivity index (χ1) is 23.1. The molecule has 11 nitrogen and oxygen atoms in total. The molecular weight excluding hydrogens is 610 g/mol. The molecule has 0 aliphatic carbocycles. The molecule has 0 unspecified atom stereocenters. The standard InChI is InChI=1S/C37H49N5O6/c1-25-21-42(26(2)24-43)37(46)29-11-10-14-32(36(29)48-33(25)23-41(3)22-27-17-19-28(47-4)20-18-27)40-35(45)16-7-5-6-15-34(44)39-31-13-9-8-12-30(31)38/h8-14,17-20,25-26,33,43H,5-7,15-16,21-24,38H2,1-4H3,(H,39,44)(H,40,45)/t25-,26-,33+/m1/s1. The first kappa shape index (κ1) is 36.2. The maximum atomic E-state index is 13.8. The van der Waals surface area contributed by atoms with E-state index in [4.69, 9.17) is 15.2 Å². The van der Waals surface area contributed by atoms with Crippen molar-refractivity contribution >= 4 is 34.8 Å². The van der Waals surface area contributed by atoms with Crippen molar-refractivity contribution in [3.63, 3.8) is 0 Å². The second-order valence-electron chi connectivity index (χ2n) is 12.6. The third-order valence-electron chi connectivity index (χ3n) is 8.61. The maximum Gasteiger partial charge on any atom is 0.258 e. The average molecular weight is 660 g/mol. The lowest BCUT2D eigenvalue weighted by molar-refractivity contribution is -0.116. The van der Waals surface area contributed by atoms with Crippen molar-refractivity contribution in [2.75, 3.05) is 50.2 Å². The molecule has 3 amide bonds. The van der Waals surface area contributed by atoms with E-state index in [9.17, 15) is 19.5 Å². The summed E-state index contributed by atoms with van der Waals surface area (Å²) >= 11 is 0. The number of aliphatic hydroxyl groups excluding tert-OH is 1. The minimum atomic E-state index is -0.394. The van der Waals surface area contributed by atoms with Crippen LogP contribution in [0.5, 0.6) is 11.5 Å². The number of benzene rings is 3. The normalized spacial score (nSPS) is 16.7. The average Bonchev–Trinajstić information content (AvgIpc) is 3.07. The van der Waals surface area contributed by atoms with Gasteiger partial charge < -0.3 is 35.8 Å². The summed E-state index contributed by atoms with van der Waals surface area (Å²) in [5.41, 5.74) is 8.90. The van der Waals surface area contributed by atoms with Crippen LogP contribution in [-0.2, 0) is 16.1 Å². The number of nitrogens with one attached hydrogen (secondary N) is 2. The van der Waals surface area contributed by atoms with E-state index in [1.54, 1.807) is 42.3 Å². The van der Waals surface area contributed by atoms with Crippen molar-refractivity contribution in [1.82, 2.24) is 9.80 Å². The molecular formula is C37H49N5O6. The zero-order valence-corrected chi connectivity index (χ0v) is 28.4. The van der Waals surface area contributed by atoms with Crippen LogP contribution in [0.3, 0.4) is 0 Å². The van der Waals surface area contributed by atoms with Crippen LogP contribution in [0.25, 0.3) is 0 Å². The number of nitrogen functional groups attached to an aromatic ring is 1. The van der Waals surface area contributed by atoms with Gasteiger partial charge in [0.2, 0.25) is 11.8 Å². The highest BCUT2D eigenvalue weighted by atomic mass is 16.5. The quantitative estimate of drug-likeness (QED) is 0.129. The minimum Gasteiger partial charge on any atom is -0.497 e. The molecule has 0 bridgehead atoms. The fourth-order valence-electron chi connectivity index (χ4n) is 5.76. The molecule has 4 rings (SSSR count). The number of para-hydroxylation sites is 3. The van der Waals surface area contributed by atoms with Crippen molar-refractivity contribution in [2.24, 2.45) is 5.92 Å². The Bertz CT molecular complexity index is 1530. The summed E-state index contributed by atoms with van der Waals surface area (Å²) in [4.78, 5) is 43.1. The summed E-state index contributed by atoms with van der Waals surface area (Å²) < 4.78 is 11.9. The molecule has 0 saturated heterocycles. The molecule has 1 heterocycles. The number of carbonyl (C=O) groups excluding carboxylic acids is 3. The Morgan fingerprint density at radius 2 is 1.65 bits per heavy atom. The molecule has 0 spiro atoms. The molecule has 3 aromatic rings. The van der Waals surface area contributed by atoms with Gasteiger partial charge in [0.1, 0.15) is 11.9 Å². The van der Waals surface area contributed by atoms with Gasteiger partial charge in [-0.2, -0.15) is 0 Å². The number of unbranched alkanes of at least 4 members (excludes halogenated alkanes) is 2. The Hall–Kier alpha value is -4.61. The van der Waals surface area contributed by atoms with Crippen molar-refractivity contribution in [2.45, 2.75) is 64.6 Å². The van der Waals surface area contributed by atoms with E-state index >= 15 is 0 Å². The van der Waals surface area contributed by atoms with Crippen LogP contribution in [0.2, 0.25) is 0 Å². The number of aliphatic hydroxyl groups is 1. The monoisotopic (exact) mass is 659 g/mol. The van der Waals surface area contributed by atoms with Gasteiger partial charge in [-0.3, -0.25) is 19.3 Å². The number of anilines is 3. The summed E-state index contributed by atoms with van der Waals surface area (Å²) in [6.45, 7) is 5.35. The molecule has 11 heteroatoms. The Morgan fingerprint density at radius 3 is 2.29 bits per heavy atom. The zero-order valence-electron chi connectivity index (χ0n) is 28.4. The van der Waals surface area contributed by atoms with E-state index in [1.165, 1.54) is 0 Å². The predicted molar refractivity (Wildman–Crippen MR) is 188 cm³/mol. The van der Waals surface area contributed by atoms with Crippen LogP contribution >= 0.6 is 0 Å². The van der Waals surface area contributed by atoms with Crippen molar-refractivity contribution in [1.29, 1.82) is 0 Å². The number of nitrogens with zero attached hydrogens (tertiary/aromatic N) is 2. The number of fused-ring (bicyclic) bond motifs is 1. The molecule has 1 aliphatic rings. The number of nitrogens with two attached hydrogens (primary N) is 1. The number of likely N-dealkylation sites (N-methyl/N-ethyl adjacent to an activating group) is 1. The van der Waals surface area contributed by atoms with Gasteiger partial charge in [-0.15, -0.1) is 0 Å². The van der Waals surface area contributed by atoms with Crippen LogP contribution in [0, 0.1) is 5.92 Å². The van der Waals surface area contributed by atoms with Crippen molar-refractivity contribution in [3.05, 3.63) is 77.9 Å². The molecule has 3 atom stereocenters. The SMILES string of the molecule is COc1ccc(CN(C)C[C@@H]2Oc3c(NC(=O)CCCCCC(=O)Nc4ccccc4N)cccc3C(=O)N([C@H](C)CO)C[C@H]2C)cc1. The van der Waals surface area contributed by atoms with Gasteiger partial charge in [0, 0.05) is 38.4 Å². The molecule has 258 valence electrons. The minimum absolute atomic E-state index is 0.0753. The summed E-state index contributed by atoms with van der Waals surface area (Å²) in [7, 11) is 3.66. The van der Waals surface area contributed by atoms with Gasteiger partial charge in [-0.05, 0) is 68.8 Å². The first-order valence-electron chi connectivity index (χ1n) is 16.6. The van der Waals surface area contributed by atoms with E-state index < -0.39 is 6.04 Å². The molecule has 0 aromatic heterocycles. The van der Waals surface area contributed by atoms with Gasteiger partial charge in [-0.1, -0.05) is 43.7 Å². The van der Waals surface area contributed by atoms with E-state index in [0.29, 0.717) is 73.7 Å². The third kappa shape index (κ3) is 9.95. The topological polar surface area (TPSA) is 146 Å². The number of hydrogen-bond donors (Lipinski definition) is 4. The van der Waals surface area contributed by atoms with Crippen LogP contribution in [0.4, 0.5) is 17.1 Å². The Kier molecular flexibility index (Phi) is 13.2. The Morgan fingerprint density at radius 1 is 1.00 bits per heavy atom. The lowest BCUT2D eigenvalue weighted by Crippen LogP contribution is -2.49. The van der Waals surface area contributed by atoms with Crippen molar-refractivity contribution in [3.8, 4) is 11.5 Å². The number of amides is 3. The van der Waals surface area contributed by atoms with Crippen LogP contribution in [0.15, 0.2) is 66.7 Å². The maximum absolute atomic E-state index is 13.8. The largest absolute Gasteiger partial charge is 0.497 e. The highest BCUT2D eigenvalue weighted by molar-refractivity contribution is 6.01. The van der Waals surface area contributed by atoms with E-state index in [1.807, 2.05) is 57.3 Å². The molecule has 5 N–H and O–H groups in total. The smallest absolute Gasteiger partial charge is 0.258 e. The molecule has 0 radical (unpaired) electrons. The highest BCUT2D eigenvalue weighted by Gasteiger charge is 2.34. The van der Waals surface area contributed by atoms with Crippen molar-refractivity contribution < 1.29 is 29.0 Å². The van der Waals surface area contributed by atoms with Gasteiger partial charge in [0.25, 0.3) is 5.91 Å². The van der Waals surface area contributed by atoms with Gasteiger partial charge >= 0.3 is 0 Å². The Balaban J connectivity index is 1.41. The predicted octanol–water partition coefficient (Wildman–Crippen LogP) is 5.16. The second-order valence-corrected chi connectivity index (χ2v) is 12.6. The molecule has 0 fully saturated rings. The fraction of sp³-hybridized carbons (Fsp3) is 0.432. The zero-order chi connectivity index (χ0) is 34.6. The highest BCUT2D eigenvalue weighted by Crippen LogP contribution is 2.35. The lowest BCUT2D eigenvalue weighted by atomic mass is 9.98. The summed E-state index contributed by atoms with van der Waals surface area (Å²) in [5.74, 6) is 0.473. The molecule has 0 saturated carbocycles. The number of methoxy groups -OCH3 is 1. The summed E-state index contributed by atoms with van der Waals surface area (Å²) in [6.07, 6.45) is 2.19. The third-order valence-corrected chi connectivity index (χ3v) is 8.61. The lowest BCUT2D eigenvalue weighted by Gasteiger charge is -2.38. The van der Waals surface area contributed by atoms with Crippen LogP contribution in [-0.4, -0.2) is 78.6 Å². The molecule has 3 aromatic carbocycles. The van der Waals surface area contributed by atoms with Gasteiger partial charge in [0.05, 0.1) is 42.4 Å². The van der Waals surface area contributed by atoms with E-state index in [-0.39, 0.29) is 42.8 Å². The number of ether oxygens (including phenoxy) is 2. The van der Waals surface area contributed by atoms with Gasteiger partial charge in [0.15, 0.2) is 5.75 Å². The van der Waals surface area contributed by atoms with Gasteiger partial charge in [-0.25, -0.2) is 0 Å². The fourth-order valence-corrected chi connectivity index (χ4v) is 5.76. The number of hydrogen-bond acceptors (Lipinski definition) is 8. The molecule has 1 aliphatic heterocycles. The Labute approximate surface area is 283 Å². The first-order valence-corrected chi connectivity index (χ1v) is 16.6. The second kappa shape index (κ2) is 17.5. The summed E-state index contributed by atoms with van der Waals surface area (Å²) in [6, 6.07) is 19.8. The number of carbonyl (C=O) groups is 3. The van der Waals surface area contributed by atoms with E-state index in [0.717, 1.165) is 11.3 Å². The molecule has 48 heavy (non-hydrogen) atoms. The summed E-state index contributed by atoms with van der Waals surface area (Å²) in [5, 5.41) is 15.8. The number of rotatable bonds is 15.